The fraction of sp³-hybridized carbons (Fsp3) is 0.263. The number of hydrogen-bond donors (Lipinski definition) is 1. The molecule has 1 N–H and O–H groups in total. The number of ether oxygens (including phenoxy) is 1. The van der Waals surface area contributed by atoms with Gasteiger partial charge in [0.15, 0.2) is 6.10 Å². The highest BCUT2D eigenvalue weighted by Crippen LogP contribution is 2.42. The quantitative estimate of drug-likeness (QED) is 0.743. The van der Waals surface area contributed by atoms with Gasteiger partial charge in [0.2, 0.25) is 0 Å². The lowest BCUT2D eigenvalue weighted by Crippen LogP contribution is -2.58. The number of benzene rings is 2. The number of rotatable bonds is 4. The minimum absolute atomic E-state index is 0.0316. The van der Waals surface area contributed by atoms with Gasteiger partial charge in [-0.1, -0.05) is 53.5 Å². The molecule has 0 spiro atoms. The van der Waals surface area contributed by atoms with Gasteiger partial charge in [-0.25, -0.2) is 0 Å². The van der Waals surface area contributed by atoms with Gasteiger partial charge in [0.05, 0.1) is 17.2 Å². The Labute approximate surface area is 174 Å². The van der Waals surface area contributed by atoms with Crippen molar-refractivity contribution in [1.29, 1.82) is 0 Å². The first kappa shape index (κ1) is 21.4. The number of alkyl halides is 3. The van der Waals surface area contributed by atoms with Gasteiger partial charge < -0.3 is 9.84 Å². The molecule has 0 unspecified atom stereocenters. The number of halogens is 5. The molecule has 2 aromatic carbocycles. The van der Waals surface area contributed by atoms with Gasteiger partial charge in [-0.05, 0) is 30.7 Å². The highest BCUT2D eigenvalue weighted by Gasteiger charge is 2.63. The van der Waals surface area contributed by atoms with Crippen molar-refractivity contribution in [1.82, 2.24) is 5.01 Å². The van der Waals surface area contributed by atoms with Crippen molar-refractivity contribution in [2.45, 2.75) is 31.3 Å². The largest absolute Gasteiger partial charge is 0.479 e. The van der Waals surface area contributed by atoms with Crippen LogP contribution >= 0.6 is 23.2 Å². The van der Waals surface area contributed by atoms with Crippen molar-refractivity contribution in [3.8, 4) is 5.75 Å². The van der Waals surface area contributed by atoms with E-state index < -0.39 is 30.3 Å². The van der Waals surface area contributed by atoms with E-state index in [0.29, 0.717) is 10.6 Å². The Hall–Kier alpha value is -2.29. The van der Waals surface area contributed by atoms with Crippen LogP contribution in [-0.4, -0.2) is 39.7 Å². The summed E-state index contributed by atoms with van der Waals surface area (Å²) in [6.45, 7) is 1.24. The fourth-order valence-electron chi connectivity index (χ4n) is 2.77. The maximum atomic E-state index is 13.6. The third-order valence-electron chi connectivity index (χ3n) is 4.30. The molecule has 1 amide bonds. The van der Waals surface area contributed by atoms with Crippen LogP contribution in [0.3, 0.4) is 0 Å². The molecule has 0 aromatic heterocycles. The van der Waals surface area contributed by atoms with Crippen LogP contribution in [-0.2, 0) is 4.79 Å². The predicted octanol–water partition coefficient (Wildman–Crippen LogP) is 4.65. The summed E-state index contributed by atoms with van der Waals surface area (Å²) in [5.74, 6) is -1.12. The average Bonchev–Trinajstić information content (AvgIpc) is 3.03. The number of carbonyl (C=O) groups is 1. The molecule has 2 atom stereocenters. The van der Waals surface area contributed by atoms with Crippen molar-refractivity contribution >= 4 is 34.8 Å². The number of carbonyl (C=O) groups excluding carboxylic acids is 1. The molecule has 154 valence electrons. The average molecular weight is 447 g/mol. The van der Waals surface area contributed by atoms with Crippen molar-refractivity contribution in [2.24, 2.45) is 5.10 Å². The molecule has 0 aliphatic carbocycles. The van der Waals surface area contributed by atoms with E-state index in [1.165, 1.54) is 37.3 Å². The van der Waals surface area contributed by atoms with Crippen LogP contribution in [0.25, 0.3) is 0 Å². The first-order valence-corrected chi connectivity index (χ1v) is 9.16. The summed E-state index contributed by atoms with van der Waals surface area (Å²) in [5, 5.41) is 14.6. The minimum atomic E-state index is -5.14. The van der Waals surface area contributed by atoms with E-state index in [4.69, 9.17) is 27.9 Å². The second-order valence-corrected chi connectivity index (χ2v) is 7.23. The highest BCUT2D eigenvalue weighted by molar-refractivity contribution is 6.35. The zero-order valence-corrected chi connectivity index (χ0v) is 16.5. The lowest BCUT2D eigenvalue weighted by atomic mass is 10.0. The summed E-state index contributed by atoms with van der Waals surface area (Å²) in [6, 6.07) is 12.2. The van der Waals surface area contributed by atoms with Crippen LogP contribution in [0.15, 0.2) is 53.6 Å². The van der Waals surface area contributed by atoms with E-state index in [1.54, 1.807) is 18.2 Å². The van der Waals surface area contributed by atoms with Gasteiger partial charge in [0.1, 0.15) is 5.75 Å². The van der Waals surface area contributed by atoms with E-state index >= 15 is 0 Å². The second kappa shape index (κ2) is 7.85. The topological polar surface area (TPSA) is 62.1 Å². The summed E-state index contributed by atoms with van der Waals surface area (Å²) < 4.78 is 46.3. The van der Waals surface area contributed by atoms with Crippen molar-refractivity contribution in [2.75, 3.05) is 0 Å². The standard InChI is InChI=1S/C19H15Cl2F3N2O3/c1-11(29-16-8-7-13(20)9-14(16)21)17(27)26-18(28,19(22,23)24)10-15(25-26)12-5-3-2-4-6-12/h2-9,11,28H,10H2,1H3/t11-,18-/m1/s1. The van der Waals surface area contributed by atoms with Crippen LogP contribution in [0.5, 0.6) is 5.75 Å². The molecular weight excluding hydrogens is 432 g/mol. The molecule has 10 heteroatoms. The van der Waals surface area contributed by atoms with Gasteiger partial charge in [-0.15, -0.1) is 0 Å². The lowest BCUT2D eigenvalue weighted by molar-refractivity contribution is -0.303. The van der Waals surface area contributed by atoms with Crippen LogP contribution in [0.2, 0.25) is 10.0 Å². The van der Waals surface area contributed by atoms with E-state index in [2.05, 4.69) is 5.10 Å². The van der Waals surface area contributed by atoms with Gasteiger partial charge in [0, 0.05) is 5.02 Å². The molecule has 0 radical (unpaired) electrons. The summed E-state index contributed by atoms with van der Waals surface area (Å²) in [7, 11) is 0. The van der Waals surface area contributed by atoms with Crippen molar-refractivity contribution in [3.05, 3.63) is 64.1 Å². The third-order valence-corrected chi connectivity index (χ3v) is 4.83. The maximum Gasteiger partial charge on any atom is 0.438 e. The Morgan fingerprint density at radius 1 is 1.24 bits per heavy atom. The number of nitrogens with zero attached hydrogens (tertiary/aromatic N) is 2. The molecule has 1 aliphatic rings. The summed E-state index contributed by atoms with van der Waals surface area (Å²) >= 11 is 11.8. The summed E-state index contributed by atoms with van der Waals surface area (Å²) in [4.78, 5) is 12.7. The number of hydrazone groups is 1. The van der Waals surface area contributed by atoms with Gasteiger partial charge >= 0.3 is 6.18 Å². The predicted molar refractivity (Wildman–Crippen MR) is 102 cm³/mol. The SMILES string of the molecule is C[C@@H](Oc1ccc(Cl)cc1Cl)C(=O)N1N=C(c2ccccc2)C[C@@]1(O)C(F)(F)F. The van der Waals surface area contributed by atoms with Crippen LogP contribution in [0.1, 0.15) is 18.9 Å². The Morgan fingerprint density at radius 2 is 1.90 bits per heavy atom. The summed E-state index contributed by atoms with van der Waals surface area (Å²) in [6.07, 6.45) is -7.46. The zero-order valence-electron chi connectivity index (χ0n) is 15.0. The van der Waals surface area contributed by atoms with Crippen LogP contribution in [0, 0.1) is 0 Å². The van der Waals surface area contributed by atoms with E-state index in [9.17, 15) is 23.1 Å². The molecule has 1 heterocycles. The number of amides is 1. The van der Waals surface area contributed by atoms with Gasteiger partial charge in [-0.3, -0.25) is 4.79 Å². The molecule has 0 saturated heterocycles. The second-order valence-electron chi connectivity index (χ2n) is 6.39. The first-order chi connectivity index (χ1) is 13.5. The molecule has 0 fully saturated rings. The van der Waals surface area contributed by atoms with Gasteiger partial charge in [0.25, 0.3) is 11.6 Å². The van der Waals surface area contributed by atoms with E-state index in [0.717, 1.165) is 0 Å². The van der Waals surface area contributed by atoms with Crippen LogP contribution in [0.4, 0.5) is 13.2 Å². The van der Waals surface area contributed by atoms with Crippen LogP contribution < -0.4 is 4.74 Å². The zero-order chi connectivity index (χ0) is 21.4. The van der Waals surface area contributed by atoms with Gasteiger partial charge in [-0.2, -0.15) is 23.3 Å². The molecule has 0 bridgehead atoms. The third kappa shape index (κ3) is 4.19. The summed E-state index contributed by atoms with van der Waals surface area (Å²) in [5.41, 5.74) is -3.20. The lowest BCUT2D eigenvalue weighted by Gasteiger charge is -2.33. The Morgan fingerprint density at radius 3 is 2.48 bits per heavy atom. The Bertz CT molecular complexity index is 953. The molecule has 2 aromatic rings. The van der Waals surface area contributed by atoms with E-state index in [-0.39, 0.29) is 21.5 Å². The Kier molecular flexibility index (Phi) is 5.80. The molecule has 5 nitrogen and oxygen atoms in total. The molecule has 1 aliphatic heterocycles. The van der Waals surface area contributed by atoms with Crippen molar-refractivity contribution < 1.29 is 27.8 Å². The maximum absolute atomic E-state index is 13.6. The molecule has 3 rings (SSSR count). The van der Waals surface area contributed by atoms with Crippen molar-refractivity contribution in [3.63, 3.8) is 0 Å². The normalized spacial score (nSPS) is 20.4. The fourth-order valence-corrected chi connectivity index (χ4v) is 3.23. The molecule has 0 saturated carbocycles. The Balaban J connectivity index is 1.91. The molecular formula is C19H15Cl2F3N2O3. The van der Waals surface area contributed by atoms with E-state index in [1.807, 2.05) is 0 Å². The first-order valence-electron chi connectivity index (χ1n) is 8.41. The number of aliphatic hydroxyl groups is 1. The smallest absolute Gasteiger partial charge is 0.438 e. The number of hydrogen-bond acceptors (Lipinski definition) is 4. The minimum Gasteiger partial charge on any atom is -0.479 e. The molecule has 29 heavy (non-hydrogen) atoms. The highest BCUT2D eigenvalue weighted by atomic mass is 35.5. The monoisotopic (exact) mass is 446 g/mol.